The van der Waals surface area contributed by atoms with Crippen molar-refractivity contribution in [3.8, 4) is 5.75 Å². The SMILES string of the molecule is C[C@@H](Oc1cccc2ccccc12)[C@@H]1CO1. The van der Waals surface area contributed by atoms with Gasteiger partial charge in [-0.05, 0) is 18.4 Å². The normalized spacial score (nSPS) is 20.7. The third-order valence-electron chi connectivity index (χ3n) is 2.95. The van der Waals surface area contributed by atoms with E-state index in [1.807, 2.05) is 24.3 Å². The van der Waals surface area contributed by atoms with Crippen LogP contribution in [0, 0.1) is 0 Å². The molecule has 1 saturated heterocycles. The number of ether oxygens (including phenoxy) is 2. The molecule has 1 heterocycles. The van der Waals surface area contributed by atoms with Gasteiger partial charge in [-0.25, -0.2) is 0 Å². The van der Waals surface area contributed by atoms with E-state index in [0.29, 0.717) is 0 Å². The maximum Gasteiger partial charge on any atom is 0.127 e. The molecule has 16 heavy (non-hydrogen) atoms. The number of hydrogen-bond donors (Lipinski definition) is 0. The fourth-order valence-corrected chi connectivity index (χ4v) is 1.90. The average Bonchev–Trinajstić information content (AvgIpc) is 3.13. The van der Waals surface area contributed by atoms with Gasteiger partial charge < -0.3 is 9.47 Å². The zero-order valence-electron chi connectivity index (χ0n) is 9.22. The molecule has 2 atom stereocenters. The molecule has 0 bridgehead atoms. The van der Waals surface area contributed by atoms with Crippen LogP contribution in [-0.2, 0) is 4.74 Å². The van der Waals surface area contributed by atoms with Gasteiger partial charge in [-0.15, -0.1) is 0 Å². The van der Waals surface area contributed by atoms with E-state index < -0.39 is 0 Å². The molecule has 0 saturated carbocycles. The largest absolute Gasteiger partial charge is 0.487 e. The summed E-state index contributed by atoms with van der Waals surface area (Å²) in [7, 11) is 0. The molecule has 0 aromatic heterocycles. The third kappa shape index (κ3) is 1.76. The molecule has 0 amide bonds. The Morgan fingerprint density at radius 2 is 1.94 bits per heavy atom. The first-order valence-electron chi connectivity index (χ1n) is 5.60. The molecule has 1 aliphatic heterocycles. The van der Waals surface area contributed by atoms with Gasteiger partial charge in [0.15, 0.2) is 0 Å². The van der Waals surface area contributed by atoms with Gasteiger partial charge in [-0.2, -0.15) is 0 Å². The molecule has 2 nitrogen and oxygen atoms in total. The first kappa shape index (κ1) is 9.67. The molecule has 0 aliphatic carbocycles. The minimum absolute atomic E-state index is 0.130. The predicted molar refractivity (Wildman–Crippen MR) is 63.8 cm³/mol. The van der Waals surface area contributed by atoms with Crippen LogP contribution in [0.5, 0.6) is 5.75 Å². The van der Waals surface area contributed by atoms with E-state index in [-0.39, 0.29) is 12.2 Å². The summed E-state index contributed by atoms with van der Waals surface area (Å²) < 4.78 is 11.2. The van der Waals surface area contributed by atoms with E-state index in [9.17, 15) is 0 Å². The van der Waals surface area contributed by atoms with E-state index in [0.717, 1.165) is 17.7 Å². The number of rotatable bonds is 3. The van der Waals surface area contributed by atoms with Crippen molar-refractivity contribution >= 4 is 10.8 Å². The van der Waals surface area contributed by atoms with Crippen LogP contribution in [0.25, 0.3) is 10.8 Å². The molecule has 1 aliphatic rings. The molecule has 0 spiro atoms. The van der Waals surface area contributed by atoms with Crippen molar-refractivity contribution in [3.05, 3.63) is 42.5 Å². The smallest absolute Gasteiger partial charge is 0.127 e. The zero-order valence-corrected chi connectivity index (χ0v) is 9.22. The summed E-state index contributed by atoms with van der Waals surface area (Å²) in [6, 6.07) is 14.4. The highest BCUT2D eigenvalue weighted by atomic mass is 16.6. The van der Waals surface area contributed by atoms with Gasteiger partial charge in [0.2, 0.25) is 0 Å². The van der Waals surface area contributed by atoms with E-state index in [1.165, 1.54) is 5.39 Å². The minimum Gasteiger partial charge on any atom is -0.487 e. The third-order valence-corrected chi connectivity index (χ3v) is 2.95. The van der Waals surface area contributed by atoms with E-state index in [4.69, 9.17) is 9.47 Å². The molecule has 0 unspecified atom stereocenters. The van der Waals surface area contributed by atoms with Crippen molar-refractivity contribution < 1.29 is 9.47 Å². The lowest BCUT2D eigenvalue weighted by atomic mass is 10.1. The van der Waals surface area contributed by atoms with Crippen molar-refractivity contribution in [1.82, 2.24) is 0 Å². The average molecular weight is 214 g/mol. The van der Waals surface area contributed by atoms with Crippen molar-refractivity contribution in [2.75, 3.05) is 6.61 Å². The van der Waals surface area contributed by atoms with E-state index in [2.05, 4.69) is 25.1 Å². The first-order valence-corrected chi connectivity index (χ1v) is 5.60. The van der Waals surface area contributed by atoms with Crippen molar-refractivity contribution in [3.63, 3.8) is 0 Å². The zero-order chi connectivity index (χ0) is 11.0. The van der Waals surface area contributed by atoms with Gasteiger partial charge >= 0.3 is 0 Å². The second kappa shape index (κ2) is 3.80. The molecular formula is C14H14O2. The summed E-state index contributed by atoms with van der Waals surface area (Å²) in [5.41, 5.74) is 0. The number of benzene rings is 2. The fraction of sp³-hybridized carbons (Fsp3) is 0.286. The Bertz CT molecular complexity index is 498. The molecule has 2 aromatic rings. The summed E-state index contributed by atoms with van der Waals surface area (Å²) in [6.07, 6.45) is 0.407. The second-order valence-corrected chi connectivity index (χ2v) is 4.17. The summed E-state index contributed by atoms with van der Waals surface area (Å²) >= 11 is 0. The van der Waals surface area contributed by atoms with Crippen LogP contribution in [0.3, 0.4) is 0 Å². The van der Waals surface area contributed by atoms with Crippen LogP contribution in [0.2, 0.25) is 0 Å². The first-order chi connectivity index (χ1) is 7.84. The Balaban J connectivity index is 1.95. The quantitative estimate of drug-likeness (QED) is 0.732. The molecule has 2 heteroatoms. The van der Waals surface area contributed by atoms with Crippen LogP contribution >= 0.6 is 0 Å². The maximum absolute atomic E-state index is 5.93. The Morgan fingerprint density at radius 1 is 1.19 bits per heavy atom. The van der Waals surface area contributed by atoms with Crippen molar-refractivity contribution in [2.24, 2.45) is 0 Å². The van der Waals surface area contributed by atoms with Gasteiger partial charge in [0.1, 0.15) is 18.0 Å². The Hall–Kier alpha value is -1.54. The molecule has 82 valence electrons. The van der Waals surface area contributed by atoms with Gasteiger partial charge in [0, 0.05) is 5.39 Å². The summed E-state index contributed by atoms with van der Waals surface area (Å²) in [5.74, 6) is 0.945. The highest BCUT2D eigenvalue weighted by molar-refractivity contribution is 5.88. The van der Waals surface area contributed by atoms with Crippen LogP contribution in [0.4, 0.5) is 0 Å². The number of fused-ring (bicyclic) bond motifs is 1. The maximum atomic E-state index is 5.93. The molecule has 0 N–H and O–H groups in total. The van der Waals surface area contributed by atoms with Crippen molar-refractivity contribution in [1.29, 1.82) is 0 Å². The molecule has 3 rings (SSSR count). The number of epoxide rings is 1. The Morgan fingerprint density at radius 3 is 2.75 bits per heavy atom. The summed E-state index contributed by atoms with van der Waals surface area (Å²) in [6.45, 7) is 2.88. The minimum atomic E-state index is 0.130. The predicted octanol–water partition coefficient (Wildman–Crippen LogP) is 3.01. The van der Waals surface area contributed by atoms with Crippen LogP contribution in [-0.4, -0.2) is 18.8 Å². The highest BCUT2D eigenvalue weighted by Crippen LogP contribution is 2.28. The van der Waals surface area contributed by atoms with Crippen molar-refractivity contribution in [2.45, 2.75) is 19.1 Å². The highest BCUT2D eigenvalue weighted by Gasteiger charge is 2.31. The van der Waals surface area contributed by atoms with Gasteiger partial charge in [-0.1, -0.05) is 36.4 Å². The summed E-state index contributed by atoms with van der Waals surface area (Å²) in [4.78, 5) is 0. The lowest BCUT2D eigenvalue weighted by molar-refractivity contribution is 0.178. The Kier molecular flexibility index (Phi) is 2.29. The van der Waals surface area contributed by atoms with E-state index in [1.54, 1.807) is 0 Å². The monoisotopic (exact) mass is 214 g/mol. The second-order valence-electron chi connectivity index (χ2n) is 4.17. The van der Waals surface area contributed by atoms with Crippen LogP contribution in [0.1, 0.15) is 6.92 Å². The molecular weight excluding hydrogens is 200 g/mol. The summed E-state index contributed by atoms with van der Waals surface area (Å²) in [5, 5.41) is 2.38. The topological polar surface area (TPSA) is 21.8 Å². The number of hydrogen-bond acceptors (Lipinski definition) is 2. The van der Waals surface area contributed by atoms with Crippen LogP contribution in [0.15, 0.2) is 42.5 Å². The van der Waals surface area contributed by atoms with Gasteiger partial charge in [-0.3, -0.25) is 0 Å². The Labute approximate surface area is 94.8 Å². The lowest BCUT2D eigenvalue weighted by Gasteiger charge is -2.14. The van der Waals surface area contributed by atoms with Crippen LogP contribution < -0.4 is 4.74 Å². The van der Waals surface area contributed by atoms with E-state index >= 15 is 0 Å². The fourth-order valence-electron chi connectivity index (χ4n) is 1.90. The standard InChI is InChI=1S/C14H14O2/c1-10(14-9-15-14)16-13-8-4-6-11-5-2-3-7-12(11)13/h2-8,10,14H,9H2,1H3/t10-,14+/m1/s1. The molecule has 0 radical (unpaired) electrons. The molecule has 2 aromatic carbocycles. The van der Waals surface area contributed by atoms with Gasteiger partial charge in [0.05, 0.1) is 6.61 Å². The molecule has 1 fully saturated rings. The van der Waals surface area contributed by atoms with Gasteiger partial charge in [0.25, 0.3) is 0 Å². The lowest BCUT2D eigenvalue weighted by Crippen LogP contribution is -2.18.